The van der Waals surface area contributed by atoms with Crippen LogP contribution in [0.2, 0.25) is 0 Å². The Kier molecular flexibility index (Phi) is 4.47. The zero-order chi connectivity index (χ0) is 16.5. The van der Waals surface area contributed by atoms with E-state index in [1.807, 2.05) is 26.0 Å². The number of carbonyl (C=O) groups is 1. The second kappa shape index (κ2) is 6.25. The lowest BCUT2D eigenvalue weighted by atomic mass is 9.94. The molecule has 126 valence electrons. The normalized spacial score (nSPS) is 20.5. The van der Waals surface area contributed by atoms with Gasteiger partial charge >= 0.3 is 0 Å². The number of amides is 1. The molecule has 1 amide bonds. The van der Waals surface area contributed by atoms with E-state index in [2.05, 4.69) is 22.3 Å². The molecule has 0 aromatic heterocycles. The molecule has 1 aliphatic heterocycles. The molecule has 4 nitrogen and oxygen atoms in total. The van der Waals surface area contributed by atoms with Crippen LogP contribution in [0.25, 0.3) is 0 Å². The molecule has 23 heavy (non-hydrogen) atoms. The third kappa shape index (κ3) is 4.12. The Labute approximate surface area is 139 Å². The van der Waals surface area contributed by atoms with Gasteiger partial charge in [-0.25, -0.2) is 0 Å². The number of rotatable bonds is 6. The summed E-state index contributed by atoms with van der Waals surface area (Å²) in [6.07, 6.45) is 5.23. The summed E-state index contributed by atoms with van der Waals surface area (Å²) in [6.45, 7) is 7.97. The number of benzene rings is 1. The molecule has 0 radical (unpaired) electrons. The van der Waals surface area contributed by atoms with E-state index in [0.29, 0.717) is 12.0 Å². The maximum Gasteiger partial charge on any atom is 0.251 e. The Balaban J connectivity index is 1.61. The van der Waals surface area contributed by atoms with Crippen molar-refractivity contribution >= 4 is 5.91 Å². The highest BCUT2D eigenvalue weighted by Gasteiger charge is 2.45. The van der Waals surface area contributed by atoms with Crippen LogP contribution in [0.1, 0.15) is 55.5 Å². The van der Waals surface area contributed by atoms with E-state index in [1.54, 1.807) is 0 Å². The van der Waals surface area contributed by atoms with Gasteiger partial charge < -0.3 is 16.0 Å². The third-order valence-corrected chi connectivity index (χ3v) is 5.04. The summed E-state index contributed by atoms with van der Waals surface area (Å²) >= 11 is 0. The van der Waals surface area contributed by atoms with Gasteiger partial charge in [0.2, 0.25) is 0 Å². The van der Waals surface area contributed by atoms with Crippen molar-refractivity contribution in [1.82, 2.24) is 10.2 Å². The maximum absolute atomic E-state index is 12.2. The van der Waals surface area contributed by atoms with Crippen molar-refractivity contribution in [3.8, 4) is 0 Å². The molecule has 2 fully saturated rings. The van der Waals surface area contributed by atoms with Gasteiger partial charge in [0.25, 0.3) is 5.91 Å². The highest BCUT2D eigenvalue weighted by molar-refractivity contribution is 5.94. The first-order valence-electron chi connectivity index (χ1n) is 8.78. The predicted octanol–water partition coefficient (Wildman–Crippen LogP) is 2.28. The fourth-order valence-electron chi connectivity index (χ4n) is 3.44. The van der Waals surface area contributed by atoms with Crippen molar-refractivity contribution in [3.63, 3.8) is 0 Å². The zero-order valence-corrected chi connectivity index (χ0v) is 14.4. The molecule has 0 unspecified atom stereocenters. The molecule has 1 saturated carbocycles. The third-order valence-electron chi connectivity index (χ3n) is 5.04. The molecular formula is C19H29N3O. The van der Waals surface area contributed by atoms with Gasteiger partial charge in [-0.15, -0.1) is 0 Å². The van der Waals surface area contributed by atoms with Gasteiger partial charge in [0.05, 0.1) is 0 Å². The first-order valence-corrected chi connectivity index (χ1v) is 8.78. The van der Waals surface area contributed by atoms with Crippen LogP contribution < -0.4 is 11.1 Å². The number of likely N-dealkylation sites (tertiary alicyclic amines) is 1. The molecular weight excluding hydrogens is 286 g/mol. The zero-order valence-electron chi connectivity index (χ0n) is 14.4. The average Bonchev–Trinajstić information content (AvgIpc) is 3.11. The SMILES string of the molecule is CC(C)(N)CNC(=O)c1ccc(C2(CN3CCCC3)CC2)cc1. The van der Waals surface area contributed by atoms with Crippen molar-refractivity contribution in [2.45, 2.75) is 50.5 Å². The van der Waals surface area contributed by atoms with E-state index in [-0.39, 0.29) is 11.4 Å². The first kappa shape index (κ1) is 16.5. The van der Waals surface area contributed by atoms with Crippen molar-refractivity contribution < 1.29 is 4.79 Å². The molecule has 3 rings (SSSR count). The topological polar surface area (TPSA) is 58.4 Å². The number of nitrogens with one attached hydrogen (secondary N) is 1. The van der Waals surface area contributed by atoms with E-state index >= 15 is 0 Å². The van der Waals surface area contributed by atoms with E-state index < -0.39 is 0 Å². The molecule has 1 heterocycles. The molecule has 4 heteroatoms. The predicted molar refractivity (Wildman–Crippen MR) is 93.6 cm³/mol. The van der Waals surface area contributed by atoms with Gasteiger partial charge in [0.15, 0.2) is 0 Å². The van der Waals surface area contributed by atoms with E-state index in [1.165, 1.54) is 50.9 Å². The minimum atomic E-state index is -0.386. The molecule has 2 aliphatic rings. The largest absolute Gasteiger partial charge is 0.350 e. The number of carbonyl (C=O) groups excluding carboxylic acids is 1. The molecule has 1 aromatic rings. The Morgan fingerprint density at radius 1 is 1.22 bits per heavy atom. The summed E-state index contributed by atoms with van der Waals surface area (Å²) in [5.74, 6) is -0.0422. The van der Waals surface area contributed by atoms with E-state index in [4.69, 9.17) is 5.73 Å². The van der Waals surface area contributed by atoms with Gasteiger partial charge in [-0.05, 0) is 70.3 Å². The van der Waals surface area contributed by atoms with E-state index in [9.17, 15) is 4.79 Å². The number of hydrogen-bond acceptors (Lipinski definition) is 3. The molecule has 1 aliphatic carbocycles. The highest BCUT2D eigenvalue weighted by atomic mass is 16.1. The minimum Gasteiger partial charge on any atom is -0.350 e. The summed E-state index contributed by atoms with van der Waals surface area (Å²) in [6, 6.07) is 8.20. The average molecular weight is 315 g/mol. The minimum absolute atomic E-state index is 0.0422. The van der Waals surface area contributed by atoms with Crippen LogP contribution in [-0.2, 0) is 5.41 Å². The highest BCUT2D eigenvalue weighted by Crippen LogP contribution is 2.49. The second-order valence-electron chi connectivity index (χ2n) is 8.01. The van der Waals surface area contributed by atoms with Gasteiger partial charge in [0.1, 0.15) is 0 Å². The van der Waals surface area contributed by atoms with Crippen LogP contribution >= 0.6 is 0 Å². The molecule has 1 saturated heterocycles. The van der Waals surface area contributed by atoms with Gasteiger partial charge in [-0.1, -0.05) is 12.1 Å². The molecule has 0 spiro atoms. The summed E-state index contributed by atoms with van der Waals surface area (Å²) in [5, 5.41) is 2.90. The smallest absolute Gasteiger partial charge is 0.251 e. The standard InChI is InChI=1S/C19H29N3O/c1-18(2,20)13-21-17(23)15-5-7-16(8-6-15)19(9-10-19)14-22-11-3-4-12-22/h5-8H,3-4,9-14,20H2,1-2H3,(H,21,23). The number of nitrogens with two attached hydrogens (primary N) is 1. The van der Waals surface area contributed by atoms with Crippen LogP contribution in [0, 0.1) is 0 Å². The lowest BCUT2D eigenvalue weighted by molar-refractivity contribution is 0.0946. The number of nitrogens with zero attached hydrogens (tertiary/aromatic N) is 1. The van der Waals surface area contributed by atoms with Crippen LogP contribution in [0.4, 0.5) is 0 Å². The van der Waals surface area contributed by atoms with Crippen LogP contribution in [0.3, 0.4) is 0 Å². The number of hydrogen-bond donors (Lipinski definition) is 2. The molecule has 0 bridgehead atoms. The van der Waals surface area contributed by atoms with E-state index in [0.717, 1.165) is 5.56 Å². The Bertz CT molecular complexity index is 549. The van der Waals surface area contributed by atoms with Gasteiger partial charge in [-0.2, -0.15) is 0 Å². The van der Waals surface area contributed by atoms with Crippen molar-refractivity contribution in [1.29, 1.82) is 0 Å². The molecule has 0 atom stereocenters. The summed E-state index contributed by atoms with van der Waals surface area (Å²) in [4.78, 5) is 14.8. The Morgan fingerprint density at radius 2 is 1.83 bits per heavy atom. The van der Waals surface area contributed by atoms with Gasteiger partial charge in [-0.3, -0.25) is 4.79 Å². The summed E-state index contributed by atoms with van der Waals surface area (Å²) in [5.41, 5.74) is 7.98. The second-order valence-corrected chi connectivity index (χ2v) is 8.01. The van der Waals surface area contributed by atoms with Crippen LogP contribution in [0.5, 0.6) is 0 Å². The quantitative estimate of drug-likeness (QED) is 0.847. The summed E-state index contributed by atoms with van der Waals surface area (Å²) < 4.78 is 0. The lowest BCUT2D eigenvalue weighted by Gasteiger charge is -2.23. The van der Waals surface area contributed by atoms with Crippen LogP contribution in [-0.4, -0.2) is 42.5 Å². The lowest BCUT2D eigenvalue weighted by Crippen LogP contribution is -2.45. The maximum atomic E-state index is 12.2. The monoisotopic (exact) mass is 315 g/mol. The van der Waals surface area contributed by atoms with Crippen molar-refractivity contribution in [3.05, 3.63) is 35.4 Å². The molecule has 3 N–H and O–H groups in total. The van der Waals surface area contributed by atoms with Crippen molar-refractivity contribution in [2.75, 3.05) is 26.2 Å². The Morgan fingerprint density at radius 3 is 2.35 bits per heavy atom. The summed E-state index contributed by atoms with van der Waals surface area (Å²) in [7, 11) is 0. The van der Waals surface area contributed by atoms with Crippen LogP contribution in [0.15, 0.2) is 24.3 Å². The van der Waals surface area contributed by atoms with Gasteiger partial charge in [0, 0.05) is 29.6 Å². The molecule has 1 aromatic carbocycles. The fraction of sp³-hybridized carbons (Fsp3) is 0.632. The fourth-order valence-corrected chi connectivity index (χ4v) is 3.44. The first-order chi connectivity index (χ1) is 10.9. The van der Waals surface area contributed by atoms with Crippen molar-refractivity contribution in [2.24, 2.45) is 5.73 Å². The Hall–Kier alpha value is -1.39.